The van der Waals surface area contributed by atoms with E-state index < -0.39 is 12.5 Å². The largest absolute Gasteiger partial charge is 0.573 e. The minimum absolute atomic E-state index is 0.0615. The molecule has 11 heteroatoms. The van der Waals surface area contributed by atoms with Crippen molar-refractivity contribution in [3.05, 3.63) is 70.0 Å². The summed E-state index contributed by atoms with van der Waals surface area (Å²) in [6, 6.07) is 9.93. The lowest BCUT2D eigenvalue weighted by molar-refractivity contribution is -0.274. The van der Waals surface area contributed by atoms with Crippen molar-refractivity contribution in [1.29, 1.82) is 0 Å². The smallest absolute Gasteiger partial charge is 0.484 e. The molecular weight excluding hydrogens is 446 g/mol. The second-order valence-corrected chi connectivity index (χ2v) is 7.04. The Morgan fingerprint density at radius 2 is 1.77 bits per heavy atom. The Morgan fingerprint density at radius 3 is 2.40 bits per heavy atom. The number of hydrogen-bond acceptors (Lipinski definition) is 5. The molecule has 0 aliphatic rings. The molecule has 1 unspecified atom stereocenters. The highest BCUT2D eigenvalue weighted by molar-refractivity contribution is 6.35. The van der Waals surface area contributed by atoms with Crippen LogP contribution in [0.5, 0.6) is 11.5 Å². The molecule has 3 aromatic rings. The van der Waals surface area contributed by atoms with Gasteiger partial charge in [-0.15, -0.1) is 18.3 Å². The van der Waals surface area contributed by atoms with Gasteiger partial charge < -0.3 is 14.6 Å². The van der Waals surface area contributed by atoms with E-state index in [0.717, 1.165) is 12.1 Å². The van der Waals surface area contributed by atoms with E-state index in [1.54, 1.807) is 24.4 Å². The van der Waals surface area contributed by atoms with Crippen molar-refractivity contribution in [1.82, 2.24) is 15.0 Å². The third kappa shape index (κ3) is 6.25. The molecule has 2 aromatic carbocycles. The summed E-state index contributed by atoms with van der Waals surface area (Å²) >= 11 is 12.3. The lowest BCUT2D eigenvalue weighted by atomic mass is 10.1. The number of aliphatic hydroxyl groups is 1. The zero-order chi connectivity index (χ0) is 21.7. The number of hydrogen-bond donors (Lipinski definition) is 1. The summed E-state index contributed by atoms with van der Waals surface area (Å²) in [5.41, 5.74) is 1.21. The van der Waals surface area contributed by atoms with Gasteiger partial charge in [0.1, 0.15) is 17.6 Å². The highest BCUT2D eigenvalue weighted by atomic mass is 35.5. The first-order valence-electron chi connectivity index (χ1n) is 8.71. The predicted octanol–water partition coefficient (Wildman–Crippen LogP) is 4.84. The fourth-order valence-corrected chi connectivity index (χ4v) is 3.20. The van der Waals surface area contributed by atoms with Crippen molar-refractivity contribution in [3.8, 4) is 11.5 Å². The molecule has 0 fully saturated rings. The maximum Gasteiger partial charge on any atom is 0.573 e. The van der Waals surface area contributed by atoms with Crippen molar-refractivity contribution in [3.63, 3.8) is 0 Å². The van der Waals surface area contributed by atoms with Crippen LogP contribution in [0.4, 0.5) is 13.2 Å². The van der Waals surface area contributed by atoms with Gasteiger partial charge in [-0.1, -0.05) is 34.5 Å². The molecule has 30 heavy (non-hydrogen) atoms. The quantitative estimate of drug-likeness (QED) is 0.519. The Kier molecular flexibility index (Phi) is 7.06. The third-order valence-electron chi connectivity index (χ3n) is 3.95. The number of aromatic nitrogens is 3. The summed E-state index contributed by atoms with van der Waals surface area (Å²) in [5, 5.41) is 17.8. The number of alkyl halides is 3. The van der Waals surface area contributed by atoms with Crippen LogP contribution in [0.15, 0.2) is 48.7 Å². The lowest BCUT2D eigenvalue weighted by Gasteiger charge is -2.21. The van der Waals surface area contributed by atoms with Crippen molar-refractivity contribution < 1.29 is 27.8 Å². The van der Waals surface area contributed by atoms with E-state index >= 15 is 0 Å². The van der Waals surface area contributed by atoms with E-state index in [4.69, 9.17) is 33.0 Å². The van der Waals surface area contributed by atoms with Crippen LogP contribution in [-0.2, 0) is 13.0 Å². The molecule has 1 heterocycles. The maximum absolute atomic E-state index is 12.3. The molecule has 160 valence electrons. The molecule has 1 N–H and O–H groups in total. The molecule has 1 aromatic heterocycles. The van der Waals surface area contributed by atoms with Crippen LogP contribution in [-0.4, -0.2) is 33.1 Å². The standard InChI is InChI=1S/C19H16Cl2F3N3O3/c20-12-1-6-16(17(21)9-12)18(11-27-10-13(7-8-28)25-26-27)29-14-2-4-15(5-3-14)30-19(22,23)24/h1-6,9-10,18,28H,7-8,11H2. The van der Waals surface area contributed by atoms with Gasteiger partial charge in [0.05, 0.1) is 12.2 Å². The Bertz CT molecular complexity index is 981. The highest BCUT2D eigenvalue weighted by Gasteiger charge is 2.31. The van der Waals surface area contributed by atoms with Gasteiger partial charge in [-0.3, -0.25) is 0 Å². The molecule has 0 amide bonds. The van der Waals surface area contributed by atoms with E-state index in [1.165, 1.54) is 16.8 Å². The minimum atomic E-state index is -4.78. The average molecular weight is 462 g/mol. The van der Waals surface area contributed by atoms with Crippen molar-refractivity contribution in [2.24, 2.45) is 0 Å². The third-order valence-corrected chi connectivity index (χ3v) is 4.51. The molecule has 3 rings (SSSR count). The molecule has 0 aliphatic heterocycles. The average Bonchev–Trinajstić information content (AvgIpc) is 3.09. The number of rotatable bonds is 8. The molecule has 0 bridgehead atoms. The van der Waals surface area contributed by atoms with Crippen molar-refractivity contribution in [2.45, 2.75) is 25.4 Å². The number of aliphatic hydroxyl groups excluding tert-OH is 1. The SMILES string of the molecule is OCCc1cn(CC(Oc2ccc(OC(F)(F)F)cc2)c2ccc(Cl)cc2Cl)nn1. The monoisotopic (exact) mass is 461 g/mol. The van der Waals surface area contributed by atoms with Gasteiger partial charge in [-0.05, 0) is 36.4 Å². The van der Waals surface area contributed by atoms with Gasteiger partial charge in [0.15, 0.2) is 0 Å². The molecule has 0 saturated heterocycles. The zero-order valence-corrected chi connectivity index (χ0v) is 16.8. The van der Waals surface area contributed by atoms with Gasteiger partial charge in [0, 0.05) is 34.8 Å². The Morgan fingerprint density at radius 1 is 1.07 bits per heavy atom. The fraction of sp³-hybridized carbons (Fsp3) is 0.263. The van der Waals surface area contributed by atoms with E-state index in [1.807, 2.05) is 0 Å². The summed E-state index contributed by atoms with van der Waals surface area (Å²) in [6.07, 6.45) is -3.40. The van der Waals surface area contributed by atoms with Crippen LogP contribution in [0.1, 0.15) is 17.4 Å². The minimum Gasteiger partial charge on any atom is -0.484 e. The van der Waals surface area contributed by atoms with E-state index in [2.05, 4.69) is 15.0 Å². The molecular formula is C19H16Cl2F3N3O3. The van der Waals surface area contributed by atoms with Crippen LogP contribution in [0.3, 0.4) is 0 Å². The molecule has 1 atom stereocenters. The van der Waals surface area contributed by atoms with Crippen LogP contribution >= 0.6 is 23.2 Å². The first kappa shape index (κ1) is 22.2. The normalized spacial score (nSPS) is 12.6. The van der Waals surface area contributed by atoms with Gasteiger partial charge in [-0.25, -0.2) is 4.68 Å². The Balaban J connectivity index is 1.83. The van der Waals surface area contributed by atoms with Crippen LogP contribution in [0.2, 0.25) is 10.0 Å². The summed E-state index contributed by atoms with van der Waals surface area (Å²) in [7, 11) is 0. The molecule has 0 saturated carbocycles. The summed E-state index contributed by atoms with van der Waals surface area (Å²) in [6.45, 7) is 0.147. The highest BCUT2D eigenvalue weighted by Crippen LogP contribution is 2.32. The first-order valence-corrected chi connectivity index (χ1v) is 9.46. The maximum atomic E-state index is 12.3. The molecule has 0 radical (unpaired) electrons. The van der Waals surface area contributed by atoms with Gasteiger partial charge >= 0.3 is 6.36 Å². The Labute approximate surface area is 179 Å². The summed E-state index contributed by atoms with van der Waals surface area (Å²) < 4.78 is 48.4. The fourth-order valence-electron chi connectivity index (χ4n) is 2.67. The predicted molar refractivity (Wildman–Crippen MR) is 104 cm³/mol. The summed E-state index contributed by atoms with van der Waals surface area (Å²) in [5.74, 6) is -0.0583. The second kappa shape index (κ2) is 9.55. The zero-order valence-electron chi connectivity index (χ0n) is 15.3. The first-order chi connectivity index (χ1) is 14.2. The lowest BCUT2D eigenvalue weighted by Crippen LogP contribution is -2.17. The van der Waals surface area contributed by atoms with E-state index in [0.29, 0.717) is 33.5 Å². The number of nitrogens with zero attached hydrogens (tertiary/aromatic N) is 3. The summed E-state index contributed by atoms with van der Waals surface area (Å²) in [4.78, 5) is 0. The number of benzene rings is 2. The Hall–Kier alpha value is -2.49. The van der Waals surface area contributed by atoms with Crippen LogP contribution in [0, 0.1) is 0 Å². The van der Waals surface area contributed by atoms with Crippen LogP contribution in [0.25, 0.3) is 0 Å². The topological polar surface area (TPSA) is 69.4 Å². The molecule has 6 nitrogen and oxygen atoms in total. The van der Waals surface area contributed by atoms with E-state index in [-0.39, 0.29) is 18.9 Å². The van der Waals surface area contributed by atoms with Gasteiger partial charge in [-0.2, -0.15) is 0 Å². The van der Waals surface area contributed by atoms with Gasteiger partial charge in [0.25, 0.3) is 0 Å². The van der Waals surface area contributed by atoms with Crippen LogP contribution < -0.4 is 9.47 Å². The van der Waals surface area contributed by atoms with Crippen molar-refractivity contribution in [2.75, 3.05) is 6.61 Å². The van der Waals surface area contributed by atoms with Crippen molar-refractivity contribution >= 4 is 23.2 Å². The molecule has 0 spiro atoms. The second-order valence-electron chi connectivity index (χ2n) is 6.20. The number of halogens is 5. The van der Waals surface area contributed by atoms with E-state index in [9.17, 15) is 13.2 Å². The van der Waals surface area contributed by atoms with Gasteiger partial charge in [0.2, 0.25) is 0 Å². The molecule has 0 aliphatic carbocycles. The number of ether oxygens (including phenoxy) is 2.